The summed E-state index contributed by atoms with van der Waals surface area (Å²) in [6, 6.07) is 10.6. The van der Waals surface area contributed by atoms with Crippen LogP contribution < -0.4 is 4.90 Å². The number of para-hydroxylation sites is 1. The van der Waals surface area contributed by atoms with Crippen molar-refractivity contribution in [3.63, 3.8) is 0 Å². The van der Waals surface area contributed by atoms with Crippen LogP contribution in [0.25, 0.3) is 5.57 Å². The molecule has 3 aliphatic rings. The van der Waals surface area contributed by atoms with Crippen molar-refractivity contribution in [2.45, 2.75) is 25.4 Å². The number of amides is 2. The SMILES string of the molecule is COCCCN1C(=O)[C@H]2[C@H](C1=O)[C@H](C(=O)c1cccs1)N1c3ccccc3C(C)=C[C@H]21. The number of imide groups is 1. The number of anilines is 1. The lowest BCUT2D eigenvalue weighted by Gasteiger charge is -2.37. The number of ketones is 1. The van der Waals surface area contributed by atoms with Gasteiger partial charge in [-0.1, -0.05) is 30.3 Å². The second-order valence-corrected chi connectivity index (χ2v) is 9.22. The molecule has 0 radical (unpaired) electrons. The van der Waals surface area contributed by atoms with Gasteiger partial charge >= 0.3 is 0 Å². The standard InChI is InChI=1S/C24H24N2O4S/c1-14-13-17-19-20(24(29)25(23(19)28)10-6-11-30-2)21(22(27)18-9-5-12-31-18)26(17)16-8-4-3-7-15(14)16/h3-5,7-9,12-13,17,19-21H,6,10-11H2,1-2H3/t17-,19-,20+,21-/m1/s1. The molecular formula is C24H24N2O4S. The zero-order valence-electron chi connectivity index (χ0n) is 17.5. The number of fused-ring (bicyclic) bond motifs is 5. The van der Waals surface area contributed by atoms with Crippen LogP contribution in [0.1, 0.15) is 28.6 Å². The summed E-state index contributed by atoms with van der Waals surface area (Å²) in [6.45, 7) is 2.83. The fraction of sp³-hybridized carbons (Fsp3) is 0.375. The first kappa shape index (κ1) is 20.2. The molecular weight excluding hydrogens is 412 g/mol. The minimum Gasteiger partial charge on any atom is -0.385 e. The molecule has 2 aromatic rings. The van der Waals surface area contributed by atoms with E-state index >= 15 is 0 Å². The van der Waals surface area contributed by atoms with Gasteiger partial charge in [-0.25, -0.2) is 0 Å². The average Bonchev–Trinajstić information content (AvgIpc) is 3.47. The molecule has 0 saturated carbocycles. The van der Waals surface area contributed by atoms with E-state index in [0.717, 1.165) is 16.8 Å². The van der Waals surface area contributed by atoms with E-state index in [4.69, 9.17) is 4.74 Å². The fourth-order valence-electron chi connectivity index (χ4n) is 5.31. The monoisotopic (exact) mass is 436 g/mol. The molecule has 0 bridgehead atoms. The van der Waals surface area contributed by atoms with Gasteiger partial charge in [0.1, 0.15) is 6.04 Å². The number of thiophene rings is 1. The summed E-state index contributed by atoms with van der Waals surface area (Å²) in [5.41, 5.74) is 3.03. The Morgan fingerprint density at radius 2 is 1.87 bits per heavy atom. The number of rotatable bonds is 6. The van der Waals surface area contributed by atoms with Gasteiger partial charge in [0.15, 0.2) is 5.78 Å². The first-order valence-corrected chi connectivity index (χ1v) is 11.4. The van der Waals surface area contributed by atoms with E-state index < -0.39 is 17.9 Å². The molecule has 1 aromatic carbocycles. The number of ether oxygens (including phenoxy) is 1. The van der Waals surface area contributed by atoms with Gasteiger partial charge in [0, 0.05) is 31.5 Å². The molecule has 2 saturated heterocycles. The second-order valence-electron chi connectivity index (χ2n) is 8.28. The van der Waals surface area contributed by atoms with E-state index in [1.807, 2.05) is 47.5 Å². The number of hydrogen-bond acceptors (Lipinski definition) is 6. The van der Waals surface area contributed by atoms with E-state index in [1.165, 1.54) is 16.2 Å². The van der Waals surface area contributed by atoms with E-state index in [1.54, 1.807) is 13.2 Å². The number of Topliss-reactive ketones (excluding diaryl/α,β-unsaturated/α-hetero) is 1. The molecule has 160 valence electrons. The molecule has 0 N–H and O–H groups in total. The summed E-state index contributed by atoms with van der Waals surface area (Å²) >= 11 is 1.37. The summed E-state index contributed by atoms with van der Waals surface area (Å²) in [7, 11) is 1.60. The van der Waals surface area contributed by atoms with Crippen molar-refractivity contribution in [1.29, 1.82) is 0 Å². The Morgan fingerprint density at radius 1 is 1.10 bits per heavy atom. The van der Waals surface area contributed by atoms with Gasteiger partial charge in [-0.3, -0.25) is 19.3 Å². The number of benzene rings is 1. The molecule has 1 aromatic heterocycles. The lowest BCUT2D eigenvalue weighted by atomic mass is 9.86. The Kier molecular flexibility index (Phi) is 5.02. The van der Waals surface area contributed by atoms with Gasteiger partial charge in [0.05, 0.1) is 22.8 Å². The maximum absolute atomic E-state index is 13.7. The number of allylic oxidation sites excluding steroid dienone is 1. The van der Waals surface area contributed by atoms with Crippen LogP contribution in [0.2, 0.25) is 0 Å². The second kappa shape index (κ2) is 7.73. The largest absolute Gasteiger partial charge is 0.385 e. The van der Waals surface area contributed by atoms with E-state index in [-0.39, 0.29) is 23.6 Å². The third kappa shape index (κ3) is 2.98. The van der Waals surface area contributed by atoms with Gasteiger partial charge < -0.3 is 9.64 Å². The van der Waals surface area contributed by atoms with Crippen LogP contribution in [0.5, 0.6) is 0 Å². The molecule has 0 aliphatic carbocycles. The molecule has 0 spiro atoms. The Labute approximate surface area is 185 Å². The number of methoxy groups -OCH3 is 1. The zero-order chi connectivity index (χ0) is 21.7. The van der Waals surface area contributed by atoms with Gasteiger partial charge in [-0.2, -0.15) is 0 Å². The number of likely N-dealkylation sites (tertiary alicyclic amines) is 1. The van der Waals surface area contributed by atoms with Gasteiger partial charge in [0.25, 0.3) is 0 Å². The normalized spacial score (nSPS) is 26.6. The van der Waals surface area contributed by atoms with Crippen molar-refractivity contribution in [3.8, 4) is 0 Å². The zero-order valence-corrected chi connectivity index (χ0v) is 18.3. The molecule has 4 atom stereocenters. The van der Waals surface area contributed by atoms with Crippen LogP contribution in [0.3, 0.4) is 0 Å². The van der Waals surface area contributed by atoms with Gasteiger partial charge in [0.2, 0.25) is 11.8 Å². The predicted octanol–water partition coefficient (Wildman–Crippen LogP) is 3.24. The summed E-state index contributed by atoms with van der Waals surface area (Å²) in [5, 5.41) is 1.87. The molecule has 5 rings (SSSR count). The predicted molar refractivity (Wildman–Crippen MR) is 119 cm³/mol. The Balaban J connectivity index is 1.61. The highest BCUT2D eigenvalue weighted by Crippen LogP contribution is 2.50. The van der Waals surface area contributed by atoms with Crippen molar-refractivity contribution < 1.29 is 19.1 Å². The summed E-state index contributed by atoms with van der Waals surface area (Å²) in [4.78, 5) is 44.6. The Bertz CT molecular complexity index is 1080. The average molecular weight is 437 g/mol. The maximum Gasteiger partial charge on any atom is 0.235 e. The molecule has 7 heteroatoms. The van der Waals surface area contributed by atoms with Crippen LogP contribution in [-0.2, 0) is 14.3 Å². The molecule has 6 nitrogen and oxygen atoms in total. The van der Waals surface area contributed by atoms with E-state index in [0.29, 0.717) is 24.4 Å². The summed E-state index contributed by atoms with van der Waals surface area (Å²) in [5.74, 6) is -1.72. The molecule has 0 unspecified atom stereocenters. The lowest BCUT2D eigenvalue weighted by Crippen LogP contribution is -2.49. The van der Waals surface area contributed by atoms with Crippen LogP contribution in [0.15, 0.2) is 47.9 Å². The number of hydrogen-bond donors (Lipinski definition) is 0. The maximum atomic E-state index is 13.7. The van der Waals surface area contributed by atoms with E-state index in [2.05, 4.69) is 6.08 Å². The summed E-state index contributed by atoms with van der Waals surface area (Å²) in [6.07, 6.45) is 2.65. The van der Waals surface area contributed by atoms with E-state index in [9.17, 15) is 14.4 Å². The lowest BCUT2D eigenvalue weighted by molar-refractivity contribution is -0.140. The number of carbonyl (C=O) groups is 3. The number of carbonyl (C=O) groups excluding carboxylic acids is 3. The highest BCUT2D eigenvalue weighted by molar-refractivity contribution is 7.12. The molecule has 3 aliphatic heterocycles. The summed E-state index contributed by atoms with van der Waals surface area (Å²) < 4.78 is 5.09. The van der Waals surface area contributed by atoms with Crippen molar-refractivity contribution >= 4 is 40.2 Å². The van der Waals surface area contributed by atoms with Crippen LogP contribution >= 0.6 is 11.3 Å². The van der Waals surface area contributed by atoms with Crippen molar-refractivity contribution in [2.24, 2.45) is 11.8 Å². The minimum absolute atomic E-state index is 0.0878. The van der Waals surface area contributed by atoms with Crippen molar-refractivity contribution in [2.75, 3.05) is 25.2 Å². The Hall–Kier alpha value is -2.77. The molecule has 2 fully saturated rings. The molecule has 31 heavy (non-hydrogen) atoms. The Morgan fingerprint density at radius 3 is 2.61 bits per heavy atom. The third-order valence-electron chi connectivity index (χ3n) is 6.61. The van der Waals surface area contributed by atoms with Crippen LogP contribution in [0.4, 0.5) is 5.69 Å². The van der Waals surface area contributed by atoms with Crippen LogP contribution in [0, 0.1) is 11.8 Å². The topological polar surface area (TPSA) is 66.9 Å². The van der Waals surface area contributed by atoms with Gasteiger partial charge in [-0.05, 0) is 36.4 Å². The molecule has 2 amide bonds. The minimum atomic E-state index is -0.692. The highest BCUT2D eigenvalue weighted by atomic mass is 32.1. The molecule has 4 heterocycles. The first-order chi connectivity index (χ1) is 15.0. The third-order valence-corrected chi connectivity index (χ3v) is 7.49. The highest BCUT2D eigenvalue weighted by Gasteiger charge is 2.64. The number of nitrogens with zero attached hydrogens (tertiary/aromatic N) is 2. The van der Waals surface area contributed by atoms with Gasteiger partial charge in [-0.15, -0.1) is 11.3 Å². The smallest absolute Gasteiger partial charge is 0.235 e. The fourth-order valence-corrected chi connectivity index (χ4v) is 6.01. The van der Waals surface area contributed by atoms with Crippen molar-refractivity contribution in [3.05, 3.63) is 58.3 Å². The van der Waals surface area contributed by atoms with Crippen molar-refractivity contribution in [1.82, 2.24) is 4.90 Å². The van der Waals surface area contributed by atoms with Crippen LogP contribution in [-0.4, -0.2) is 54.8 Å². The first-order valence-electron chi connectivity index (χ1n) is 10.5. The quantitative estimate of drug-likeness (QED) is 0.395.